The number of rotatable bonds is 0. The second-order valence-corrected chi connectivity index (χ2v) is 0.316. The van der Waals surface area contributed by atoms with Gasteiger partial charge in [0.2, 0.25) is 0 Å². The lowest BCUT2D eigenvalue weighted by Gasteiger charge is -1.52. The zero-order chi connectivity index (χ0) is 4.71. The summed E-state index contributed by atoms with van der Waals surface area (Å²) in [6, 6.07) is 0. The van der Waals surface area contributed by atoms with Gasteiger partial charge in [-0.05, 0) is 6.92 Å². The minimum atomic E-state index is 0. The quantitative estimate of drug-likeness (QED) is 0.397. The normalized spacial score (nSPS) is 4.00. The van der Waals surface area contributed by atoms with E-state index in [2.05, 4.69) is 0 Å². The molecule has 4 N–H and O–H groups in total. The summed E-state index contributed by atoms with van der Waals surface area (Å²) in [5, 5.41) is 14.6. The maximum absolute atomic E-state index is 7.57. The first kappa shape index (κ1) is 16.9. The van der Waals surface area contributed by atoms with Crippen molar-refractivity contribution in [3.8, 4) is 0 Å². The van der Waals surface area contributed by atoms with Crippen molar-refractivity contribution in [1.82, 2.24) is 0 Å². The zero-order valence-corrected chi connectivity index (χ0v) is 4.10. The Morgan fingerprint density at radius 3 is 1.33 bits per heavy atom. The predicted molar refractivity (Wildman–Crippen MR) is 24.5 cm³/mol. The number of hydrogen-bond acceptors (Lipinski definition) is 2. The van der Waals surface area contributed by atoms with Crippen LogP contribution in [0.5, 0.6) is 0 Å². The van der Waals surface area contributed by atoms with Crippen LogP contribution >= 0.6 is 0 Å². The summed E-state index contributed by atoms with van der Waals surface area (Å²) in [6.45, 7) is 1.93. The van der Waals surface area contributed by atoms with Gasteiger partial charge >= 0.3 is 0 Å². The molecule has 0 aromatic rings. The molecule has 0 saturated carbocycles. The molecule has 0 saturated heterocycles. The molecule has 0 heterocycles. The highest BCUT2D eigenvalue weighted by atomic mass is 16.2. The van der Waals surface area contributed by atoms with Crippen LogP contribution in [0, 0.1) is 0 Å². The van der Waals surface area contributed by atoms with E-state index in [0.29, 0.717) is 0 Å². The Labute approximate surface area is 37.5 Å². The lowest BCUT2D eigenvalue weighted by atomic mass is 10.9. The molecule has 6 heavy (non-hydrogen) atoms. The number of aliphatic hydroxyl groups excluding tert-OH is 2. The van der Waals surface area contributed by atoms with Crippen LogP contribution in [-0.2, 0) is 0 Å². The van der Waals surface area contributed by atoms with Gasteiger partial charge in [-0.25, -0.2) is 0 Å². The van der Waals surface area contributed by atoms with Gasteiger partial charge in [0.1, 0.15) is 0 Å². The van der Waals surface area contributed by atoms with E-state index in [9.17, 15) is 0 Å². The van der Waals surface area contributed by atoms with Crippen LogP contribution in [0.15, 0.2) is 0 Å². The molecule has 0 bridgehead atoms. The molecule has 0 aliphatic heterocycles. The van der Waals surface area contributed by atoms with Gasteiger partial charge in [-0.2, -0.15) is 0 Å². The summed E-state index contributed by atoms with van der Waals surface area (Å²) in [6.07, 6.45) is 0. The SMILES string of the molecule is CCO.CO.O. The van der Waals surface area contributed by atoms with Crippen molar-refractivity contribution in [1.29, 1.82) is 0 Å². The maximum Gasteiger partial charge on any atom is 0.0402 e. The molecule has 3 heteroatoms. The van der Waals surface area contributed by atoms with E-state index in [1.165, 1.54) is 0 Å². The topological polar surface area (TPSA) is 72.0 Å². The monoisotopic (exact) mass is 96.1 g/mol. The van der Waals surface area contributed by atoms with Gasteiger partial charge in [-0.15, -0.1) is 0 Å². The van der Waals surface area contributed by atoms with E-state index in [0.717, 1.165) is 7.11 Å². The molecular formula is C3H12O3. The van der Waals surface area contributed by atoms with Gasteiger partial charge in [0.15, 0.2) is 0 Å². The van der Waals surface area contributed by atoms with Crippen molar-refractivity contribution < 1.29 is 15.7 Å². The molecule has 0 fully saturated rings. The van der Waals surface area contributed by atoms with Gasteiger partial charge in [-0.3, -0.25) is 0 Å². The Kier molecular flexibility index (Phi) is 267. The average molecular weight is 96.1 g/mol. The maximum atomic E-state index is 7.57. The Hall–Kier alpha value is -0.120. The molecule has 0 spiro atoms. The fraction of sp³-hybridized carbons (Fsp3) is 1.00. The van der Waals surface area contributed by atoms with Crippen LogP contribution in [0.25, 0.3) is 0 Å². The molecule has 0 radical (unpaired) electrons. The molecule has 0 rings (SSSR count). The third-order valence-corrected chi connectivity index (χ3v) is 0. The fourth-order valence-electron chi connectivity index (χ4n) is 0. The van der Waals surface area contributed by atoms with Crippen molar-refractivity contribution in [2.45, 2.75) is 6.92 Å². The van der Waals surface area contributed by atoms with Gasteiger partial charge in [0.25, 0.3) is 0 Å². The molecule has 0 aromatic heterocycles. The Morgan fingerprint density at radius 2 is 1.33 bits per heavy atom. The van der Waals surface area contributed by atoms with E-state index in [1.807, 2.05) is 0 Å². The third-order valence-electron chi connectivity index (χ3n) is 0. The molecule has 0 amide bonds. The van der Waals surface area contributed by atoms with Crippen molar-refractivity contribution in [3.05, 3.63) is 0 Å². The minimum Gasteiger partial charge on any atom is -0.412 e. The highest BCUT2D eigenvalue weighted by molar-refractivity contribution is 3.84. The van der Waals surface area contributed by atoms with Gasteiger partial charge in [0.05, 0.1) is 0 Å². The van der Waals surface area contributed by atoms with Crippen LogP contribution < -0.4 is 0 Å². The van der Waals surface area contributed by atoms with Crippen molar-refractivity contribution in [2.75, 3.05) is 13.7 Å². The van der Waals surface area contributed by atoms with Gasteiger partial charge < -0.3 is 15.7 Å². The summed E-state index contributed by atoms with van der Waals surface area (Å²) >= 11 is 0. The van der Waals surface area contributed by atoms with Crippen LogP contribution in [0.2, 0.25) is 0 Å². The van der Waals surface area contributed by atoms with E-state index < -0.39 is 0 Å². The lowest BCUT2D eigenvalue weighted by molar-refractivity contribution is 0.318. The largest absolute Gasteiger partial charge is 0.412 e. The molecule has 0 aliphatic rings. The first-order chi connectivity index (χ1) is 2.41. The van der Waals surface area contributed by atoms with Crippen molar-refractivity contribution in [2.24, 2.45) is 0 Å². The number of aliphatic hydroxyl groups is 2. The molecule has 0 aromatic carbocycles. The second kappa shape index (κ2) is 94.9. The molecule has 0 unspecified atom stereocenters. The fourth-order valence-corrected chi connectivity index (χ4v) is 0. The van der Waals surface area contributed by atoms with Gasteiger partial charge in [0, 0.05) is 13.7 Å². The van der Waals surface area contributed by atoms with Crippen LogP contribution in [0.3, 0.4) is 0 Å². The standard InChI is InChI=1S/C2H6O.CH4O.H2O/c1-2-3;1-2;/h3H,2H2,1H3;2H,1H3;1H2. The molecule has 3 nitrogen and oxygen atoms in total. The first-order valence-electron chi connectivity index (χ1n) is 1.47. The molecule has 0 aliphatic carbocycles. The summed E-state index contributed by atoms with van der Waals surface area (Å²) in [7, 11) is 1.00. The smallest absolute Gasteiger partial charge is 0.0402 e. The van der Waals surface area contributed by atoms with E-state index in [1.54, 1.807) is 6.92 Å². The minimum absolute atomic E-state index is 0. The van der Waals surface area contributed by atoms with Gasteiger partial charge in [-0.1, -0.05) is 0 Å². The second-order valence-electron chi connectivity index (χ2n) is 0.316. The first-order valence-corrected chi connectivity index (χ1v) is 1.47. The lowest BCUT2D eigenvalue weighted by Crippen LogP contribution is -1.57. The Morgan fingerprint density at radius 1 is 1.33 bits per heavy atom. The summed E-state index contributed by atoms with van der Waals surface area (Å²) in [5.41, 5.74) is 0. The third kappa shape index (κ3) is 2230. The number of hydrogen-bond donors (Lipinski definition) is 2. The van der Waals surface area contributed by atoms with E-state index >= 15 is 0 Å². The van der Waals surface area contributed by atoms with Crippen LogP contribution in [0.4, 0.5) is 0 Å². The predicted octanol–water partition coefficient (Wildman–Crippen LogP) is -1.22. The average Bonchev–Trinajstić information content (AvgIpc) is 1.46. The van der Waals surface area contributed by atoms with E-state index in [-0.39, 0.29) is 12.1 Å². The highest BCUT2D eigenvalue weighted by Crippen LogP contribution is 1.30. The Balaban J connectivity index is -0.0000000275. The molecule has 0 atom stereocenters. The zero-order valence-electron chi connectivity index (χ0n) is 4.10. The highest BCUT2D eigenvalue weighted by Gasteiger charge is 1.34. The van der Waals surface area contributed by atoms with Crippen molar-refractivity contribution >= 4 is 0 Å². The summed E-state index contributed by atoms with van der Waals surface area (Å²) in [4.78, 5) is 0. The van der Waals surface area contributed by atoms with Crippen molar-refractivity contribution in [3.63, 3.8) is 0 Å². The Bertz CT molecular complexity index is 6.00. The van der Waals surface area contributed by atoms with Crippen LogP contribution in [0.1, 0.15) is 6.92 Å². The summed E-state index contributed by atoms with van der Waals surface area (Å²) < 4.78 is 0. The molecule has 42 valence electrons. The van der Waals surface area contributed by atoms with Crippen LogP contribution in [-0.4, -0.2) is 29.4 Å². The summed E-state index contributed by atoms with van der Waals surface area (Å²) in [5.74, 6) is 0. The molecular weight excluding hydrogens is 84.0 g/mol. The van der Waals surface area contributed by atoms with E-state index in [4.69, 9.17) is 10.2 Å².